The van der Waals surface area contributed by atoms with E-state index in [4.69, 9.17) is 16.3 Å². The fourth-order valence-corrected chi connectivity index (χ4v) is 2.53. The summed E-state index contributed by atoms with van der Waals surface area (Å²) in [6, 6.07) is 10.9. The standard InChI is InChI=1S/C16H13BrClN3O4/c1-10(11-2-5-13(6-3-11)21(23)24)19-20-16(22)9-25-15-7-4-12(17)8-14(15)18/h2-8H,9H2,1H3,(H,20,22)/b19-10+. The Bertz CT molecular complexity index is 825. The zero-order valence-corrected chi connectivity index (χ0v) is 15.4. The highest BCUT2D eigenvalue weighted by atomic mass is 79.9. The number of carbonyl (C=O) groups excluding carboxylic acids is 1. The van der Waals surface area contributed by atoms with E-state index >= 15 is 0 Å². The number of hydrazone groups is 1. The average Bonchev–Trinajstić information content (AvgIpc) is 2.59. The molecule has 0 aliphatic heterocycles. The molecule has 0 unspecified atom stereocenters. The Morgan fingerprint density at radius 2 is 2.00 bits per heavy atom. The summed E-state index contributed by atoms with van der Waals surface area (Å²) >= 11 is 9.27. The van der Waals surface area contributed by atoms with Crippen molar-refractivity contribution in [3.8, 4) is 5.75 Å². The van der Waals surface area contributed by atoms with Crippen molar-refractivity contribution in [2.45, 2.75) is 6.92 Å². The monoisotopic (exact) mass is 425 g/mol. The van der Waals surface area contributed by atoms with Crippen LogP contribution in [0.4, 0.5) is 5.69 Å². The van der Waals surface area contributed by atoms with E-state index in [0.717, 1.165) is 4.47 Å². The van der Waals surface area contributed by atoms with Gasteiger partial charge in [-0.2, -0.15) is 5.10 Å². The summed E-state index contributed by atoms with van der Waals surface area (Å²) in [5.74, 6) is -0.0728. The molecule has 9 heteroatoms. The second-order valence-electron chi connectivity index (χ2n) is 4.90. The number of nitrogens with zero attached hydrogens (tertiary/aromatic N) is 2. The molecule has 1 N–H and O–H groups in total. The van der Waals surface area contributed by atoms with E-state index in [1.807, 2.05) is 0 Å². The maximum absolute atomic E-state index is 11.8. The molecule has 0 fully saturated rings. The van der Waals surface area contributed by atoms with Crippen LogP contribution >= 0.6 is 27.5 Å². The summed E-state index contributed by atoms with van der Waals surface area (Å²) in [4.78, 5) is 21.9. The first kappa shape index (κ1) is 18.9. The van der Waals surface area contributed by atoms with Gasteiger partial charge in [0.25, 0.3) is 11.6 Å². The number of non-ortho nitro benzene ring substituents is 1. The largest absolute Gasteiger partial charge is 0.482 e. The minimum absolute atomic E-state index is 0.0136. The second-order valence-corrected chi connectivity index (χ2v) is 6.22. The molecular formula is C16H13BrClN3O4. The molecule has 0 aromatic heterocycles. The van der Waals surface area contributed by atoms with Crippen LogP contribution in [-0.2, 0) is 4.79 Å². The number of amides is 1. The molecule has 1 amide bonds. The van der Waals surface area contributed by atoms with Crippen LogP contribution in [0.2, 0.25) is 5.02 Å². The molecule has 0 heterocycles. The van der Waals surface area contributed by atoms with Crippen LogP contribution in [0.25, 0.3) is 0 Å². The quantitative estimate of drug-likeness (QED) is 0.430. The van der Waals surface area contributed by atoms with Gasteiger partial charge >= 0.3 is 0 Å². The number of ether oxygens (including phenoxy) is 1. The Kier molecular flexibility index (Phi) is 6.49. The van der Waals surface area contributed by atoms with E-state index in [-0.39, 0.29) is 12.3 Å². The summed E-state index contributed by atoms with van der Waals surface area (Å²) < 4.78 is 6.13. The molecule has 0 saturated carbocycles. The number of carbonyl (C=O) groups is 1. The van der Waals surface area contributed by atoms with Crippen molar-refractivity contribution >= 4 is 44.8 Å². The van der Waals surface area contributed by atoms with E-state index in [0.29, 0.717) is 22.0 Å². The van der Waals surface area contributed by atoms with Crippen LogP contribution in [0.5, 0.6) is 5.75 Å². The van der Waals surface area contributed by atoms with Crippen molar-refractivity contribution in [3.63, 3.8) is 0 Å². The van der Waals surface area contributed by atoms with Crippen molar-refractivity contribution in [1.29, 1.82) is 0 Å². The van der Waals surface area contributed by atoms with Crippen molar-refractivity contribution in [2.75, 3.05) is 6.61 Å². The molecule has 130 valence electrons. The zero-order chi connectivity index (χ0) is 18.4. The number of nitrogens with one attached hydrogen (secondary N) is 1. The third-order valence-electron chi connectivity index (χ3n) is 3.10. The smallest absolute Gasteiger partial charge is 0.277 e. The Morgan fingerprint density at radius 1 is 1.32 bits per heavy atom. The minimum Gasteiger partial charge on any atom is -0.482 e. The van der Waals surface area contributed by atoms with Crippen LogP contribution in [0.1, 0.15) is 12.5 Å². The predicted octanol–water partition coefficient (Wildman–Crippen LogP) is 3.93. The van der Waals surface area contributed by atoms with Crippen molar-refractivity contribution in [1.82, 2.24) is 5.43 Å². The lowest BCUT2D eigenvalue weighted by Crippen LogP contribution is -2.25. The van der Waals surface area contributed by atoms with Gasteiger partial charge in [0.1, 0.15) is 5.75 Å². The number of nitro benzene ring substituents is 1. The molecule has 0 spiro atoms. The fourth-order valence-electron chi connectivity index (χ4n) is 1.80. The Labute approximate surface area is 156 Å². The molecule has 2 rings (SSSR count). The van der Waals surface area contributed by atoms with E-state index in [9.17, 15) is 14.9 Å². The molecular weight excluding hydrogens is 414 g/mol. The molecule has 0 aliphatic carbocycles. The summed E-state index contributed by atoms with van der Waals surface area (Å²) in [6.45, 7) is 1.42. The number of rotatable bonds is 6. The highest BCUT2D eigenvalue weighted by Crippen LogP contribution is 2.27. The number of nitro groups is 1. The lowest BCUT2D eigenvalue weighted by molar-refractivity contribution is -0.384. The molecule has 7 nitrogen and oxygen atoms in total. The fraction of sp³-hybridized carbons (Fsp3) is 0.125. The summed E-state index contributed by atoms with van der Waals surface area (Å²) in [5, 5.41) is 14.9. The van der Waals surface area contributed by atoms with E-state index < -0.39 is 10.8 Å². The highest BCUT2D eigenvalue weighted by molar-refractivity contribution is 9.10. The maximum atomic E-state index is 11.8. The average molecular weight is 427 g/mol. The Morgan fingerprint density at radius 3 is 2.60 bits per heavy atom. The van der Waals surface area contributed by atoms with Gasteiger partial charge < -0.3 is 4.74 Å². The van der Waals surface area contributed by atoms with Crippen LogP contribution in [-0.4, -0.2) is 23.1 Å². The molecule has 2 aromatic rings. The number of benzene rings is 2. The Balaban J connectivity index is 1.91. The highest BCUT2D eigenvalue weighted by Gasteiger charge is 2.08. The first-order valence-corrected chi connectivity index (χ1v) is 8.19. The molecule has 0 bridgehead atoms. The van der Waals surface area contributed by atoms with Gasteiger partial charge in [0, 0.05) is 16.6 Å². The summed E-state index contributed by atoms with van der Waals surface area (Å²) in [6.07, 6.45) is 0. The topological polar surface area (TPSA) is 93.8 Å². The van der Waals surface area contributed by atoms with Crippen LogP contribution in [0.3, 0.4) is 0 Å². The number of hydrogen-bond donors (Lipinski definition) is 1. The first-order chi connectivity index (χ1) is 11.9. The van der Waals surface area contributed by atoms with E-state index in [2.05, 4.69) is 26.5 Å². The number of hydrogen-bond acceptors (Lipinski definition) is 5. The van der Waals surface area contributed by atoms with Gasteiger partial charge in [-0.3, -0.25) is 14.9 Å². The van der Waals surface area contributed by atoms with Gasteiger partial charge in [0.2, 0.25) is 0 Å². The van der Waals surface area contributed by atoms with Crippen LogP contribution in [0, 0.1) is 10.1 Å². The van der Waals surface area contributed by atoms with Gasteiger partial charge in [-0.25, -0.2) is 5.43 Å². The van der Waals surface area contributed by atoms with E-state index in [1.54, 1.807) is 37.3 Å². The second kappa shape index (κ2) is 8.59. The van der Waals surface area contributed by atoms with Gasteiger partial charge in [0.15, 0.2) is 6.61 Å². The third kappa shape index (κ3) is 5.54. The molecule has 0 atom stereocenters. The lowest BCUT2D eigenvalue weighted by Gasteiger charge is -2.07. The normalized spacial score (nSPS) is 11.1. The van der Waals surface area contributed by atoms with Crippen molar-refractivity contribution in [2.24, 2.45) is 5.10 Å². The van der Waals surface area contributed by atoms with Crippen molar-refractivity contribution < 1.29 is 14.5 Å². The maximum Gasteiger partial charge on any atom is 0.277 e. The summed E-state index contributed by atoms with van der Waals surface area (Å²) in [5.41, 5.74) is 3.50. The van der Waals surface area contributed by atoms with Gasteiger partial charge in [-0.15, -0.1) is 0 Å². The van der Waals surface area contributed by atoms with Gasteiger partial charge in [-0.05, 0) is 42.8 Å². The molecule has 0 aliphatic rings. The van der Waals surface area contributed by atoms with Crippen molar-refractivity contribution in [3.05, 3.63) is 67.6 Å². The lowest BCUT2D eigenvalue weighted by atomic mass is 10.1. The molecule has 25 heavy (non-hydrogen) atoms. The SMILES string of the molecule is C/C(=N\NC(=O)COc1ccc(Br)cc1Cl)c1ccc([N+](=O)[O-])cc1. The minimum atomic E-state index is -0.484. The first-order valence-electron chi connectivity index (χ1n) is 7.02. The zero-order valence-electron chi connectivity index (χ0n) is 13.0. The Hall–Kier alpha value is -2.45. The van der Waals surface area contributed by atoms with Crippen LogP contribution < -0.4 is 10.2 Å². The molecule has 0 radical (unpaired) electrons. The van der Waals surface area contributed by atoms with Crippen LogP contribution in [0.15, 0.2) is 52.0 Å². The van der Waals surface area contributed by atoms with E-state index in [1.165, 1.54) is 12.1 Å². The number of halogens is 2. The molecule has 2 aromatic carbocycles. The third-order valence-corrected chi connectivity index (χ3v) is 3.89. The van der Waals surface area contributed by atoms with Gasteiger partial charge in [-0.1, -0.05) is 27.5 Å². The van der Waals surface area contributed by atoms with Gasteiger partial charge in [0.05, 0.1) is 15.7 Å². The predicted molar refractivity (Wildman–Crippen MR) is 98.1 cm³/mol. The summed E-state index contributed by atoms with van der Waals surface area (Å²) in [7, 11) is 0. The molecule has 0 saturated heterocycles.